The van der Waals surface area contributed by atoms with E-state index < -0.39 is 23.5 Å². The van der Waals surface area contributed by atoms with E-state index in [4.69, 9.17) is 0 Å². The minimum atomic E-state index is -4.75. The number of nitrogens with zero attached hydrogens (tertiary/aromatic N) is 3. The number of amides is 2. The number of piperidine rings is 1. The summed E-state index contributed by atoms with van der Waals surface area (Å²) in [4.78, 5) is 38.9. The number of rotatable bonds is 11. The third-order valence-corrected chi connectivity index (χ3v) is 7.69. The maximum absolute atomic E-state index is 13.8. The van der Waals surface area contributed by atoms with Gasteiger partial charge in [0.15, 0.2) is 0 Å². The highest BCUT2D eigenvalue weighted by Gasteiger charge is 2.35. The second kappa shape index (κ2) is 14.8. The fourth-order valence-corrected chi connectivity index (χ4v) is 5.33. The molecule has 1 saturated heterocycles. The summed E-state index contributed by atoms with van der Waals surface area (Å²) in [6.07, 6.45) is -0.748. The Balaban J connectivity index is 1.25. The number of hydroxylamine groups is 1. The largest absolute Gasteiger partial charge is 0.421 e. The lowest BCUT2D eigenvalue weighted by atomic mass is 9.90. The third kappa shape index (κ3) is 8.44. The Bertz CT molecular complexity index is 1730. The molecule has 2 amide bonds. The molecule has 1 fully saturated rings. The van der Waals surface area contributed by atoms with Crippen LogP contribution in [0.15, 0.2) is 91.6 Å². The van der Waals surface area contributed by atoms with Crippen molar-refractivity contribution in [3.05, 3.63) is 114 Å². The summed E-state index contributed by atoms with van der Waals surface area (Å²) >= 11 is 0. The van der Waals surface area contributed by atoms with Crippen molar-refractivity contribution >= 4 is 40.6 Å². The molecule has 5 rings (SSSR count). The molecule has 47 heavy (non-hydrogen) atoms. The second-order valence-electron chi connectivity index (χ2n) is 10.9. The van der Waals surface area contributed by atoms with Crippen molar-refractivity contribution in [2.24, 2.45) is 0 Å². The number of nitrogens with one attached hydrogen (secondary N) is 4. The van der Waals surface area contributed by atoms with Crippen molar-refractivity contribution in [1.29, 1.82) is 0 Å². The molecule has 3 aromatic carbocycles. The van der Waals surface area contributed by atoms with E-state index in [-0.39, 0.29) is 29.0 Å². The molecule has 1 aromatic heterocycles. The summed E-state index contributed by atoms with van der Waals surface area (Å²) in [6, 6.07) is 21.5. The van der Waals surface area contributed by atoms with Gasteiger partial charge in [-0.05, 0) is 66.4 Å². The van der Waals surface area contributed by atoms with E-state index in [1.54, 1.807) is 24.3 Å². The molecule has 0 saturated carbocycles. The predicted molar refractivity (Wildman–Crippen MR) is 173 cm³/mol. The van der Waals surface area contributed by atoms with Gasteiger partial charge in [-0.1, -0.05) is 43.0 Å². The smallest absolute Gasteiger partial charge is 0.381 e. The highest BCUT2D eigenvalue weighted by Crippen LogP contribution is 2.36. The zero-order chi connectivity index (χ0) is 33.4. The predicted octanol–water partition coefficient (Wildman–Crippen LogP) is 6.78. The number of alkyl halides is 3. The lowest BCUT2D eigenvalue weighted by molar-refractivity contribution is -0.137. The van der Waals surface area contributed by atoms with E-state index in [1.165, 1.54) is 30.9 Å². The molecule has 0 radical (unpaired) electrons. The van der Waals surface area contributed by atoms with Crippen LogP contribution < -0.4 is 21.4 Å². The number of likely N-dealkylation sites (tertiary alicyclic amines) is 1. The van der Waals surface area contributed by atoms with Gasteiger partial charge in [0.05, 0.1) is 18.4 Å². The molecule has 0 spiro atoms. The first-order valence-corrected chi connectivity index (χ1v) is 14.9. The van der Waals surface area contributed by atoms with Crippen molar-refractivity contribution in [2.45, 2.75) is 31.5 Å². The summed E-state index contributed by atoms with van der Waals surface area (Å²) in [5, 5.41) is 9.01. The van der Waals surface area contributed by atoms with Gasteiger partial charge in [0.25, 0.3) is 5.91 Å². The monoisotopic (exact) mass is 645 g/mol. The second-order valence-corrected chi connectivity index (χ2v) is 10.9. The summed E-state index contributed by atoms with van der Waals surface area (Å²) in [5.74, 6) is -1.02. The third-order valence-electron chi connectivity index (χ3n) is 7.69. The van der Waals surface area contributed by atoms with Gasteiger partial charge in [-0.25, -0.2) is 10.5 Å². The number of benzene rings is 3. The maximum atomic E-state index is 13.8. The molecule has 0 unspecified atom stereocenters. The van der Waals surface area contributed by atoms with Crippen molar-refractivity contribution in [3.8, 4) is 0 Å². The Morgan fingerprint density at radius 3 is 2.57 bits per heavy atom. The fourth-order valence-electron chi connectivity index (χ4n) is 5.33. The van der Waals surface area contributed by atoms with Crippen molar-refractivity contribution in [3.63, 3.8) is 0 Å². The zero-order valence-electron chi connectivity index (χ0n) is 25.6. The Kier molecular flexibility index (Phi) is 10.4. The SMILES string of the molecule is C=CC(=O)N1CCC[C@@H](c2cccc(NCc3ccc(Nc4ncc(C(F)(F)F)c(Nc5ccccc5C(=O)NOC)n4)cc3)c2)C1. The van der Waals surface area contributed by atoms with Gasteiger partial charge < -0.3 is 20.9 Å². The topological polar surface area (TPSA) is 121 Å². The van der Waals surface area contributed by atoms with Gasteiger partial charge in [-0.3, -0.25) is 14.4 Å². The van der Waals surface area contributed by atoms with E-state index >= 15 is 0 Å². The first-order valence-electron chi connectivity index (χ1n) is 14.9. The van der Waals surface area contributed by atoms with Crippen LogP contribution in [0.2, 0.25) is 0 Å². The van der Waals surface area contributed by atoms with Crippen LogP contribution in [-0.2, 0) is 22.4 Å². The zero-order valence-corrected chi connectivity index (χ0v) is 25.6. The highest BCUT2D eigenvalue weighted by molar-refractivity contribution is 5.99. The number of carbonyl (C=O) groups excluding carboxylic acids is 2. The summed E-state index contributed by atoms with van der Waals surface area (Å²) in [5.41, 5.74) is 4.89. The molecule has 2 heterocycles. The highest BCUT2D eigenvalue weighted by atomic mass is 19.4. The van der Waals surface area contributed by atoms with Crippen LogP contribution in [0.25, 0.3) is 0 Å². The Morgan fingerprint density at radius 1 is 1.04 bits per heavy atom. The van der Waals surface area contributed by atoms with Gasteiger partial charge in [0.1, 0.15) is 11.4 Å². The van der Waals surface area contributed by atoms with Crippen LogP contribution in [0.1, 0.15) is 45.8 Å². The Hall–Kier alpha value is -5.43. The van der Waals surface area contributed by atoms with E-state index in [0.29, 0.717) is 25.0 Å². The van der Waals surface area contributed by atoms with Gasteiger partial charge in [0.2, 0.25) is 11.9 Å². The average molecular weight is 646 g/mol. The molecule has 244 valence electrons. The Labute approximate surface area is 270 Å². The number of hydrogen-bond acceptors (Lipinski definition) is 8. The number of hydrogen-bond donors (Lipinski definition) is 4. The maximum Gasteiger partial charge on any atom is 0.421 e. The quantitative estimate of drug-likeness (QED) is 0.104. The normalized spacial score (nSPS) is 14.6. The molecule has 0 bridgehead atoms. The fraction of sp³-hybridized carbons (Fsp3) is 0.235. The average Bonchev–Trinajstić information content (AvgIpc) is 3.08. The summed E-state index contributed by atoms with van der Waals surface area (Å²) in [7, 11) is 1.25. The van der Waals surface area contributed by atoms with Crippen LogP contribution in [0.4, 0.5) is 42.0 Å². The lowest BCUT2D eigenvalue weighted by Gasteiger charge is -2.32. The first-order chi connectivity index (χ1) is 22.6. The molecule has 1 atom stereocenters. The minimum Gasteiger partial charge on any atom is -0.381 e. The summed E-state index contributed by atoms with van der Waals surface area (Å²) in [6.45, 7) is 5.56. The van der Waals surface area contributed by atoms with Crippen LogP contribution in [0, 0.1) is 0 Å². The van der Waals surface area contributed by atoms with Gasteiger partial charge in [0, 0.05) is 43.1 Å². The van der Waals surface area contributed by atoms with Gasteiger partial charge >= 0.3 is 6.18 Å². The van der Waals surface area contributed by atoms with Gasteiger partial charge in [-0.15, -0.1) is 0 Å². The van der Waals surface area contributed by atoms with E-state index in [9.17, 15) is 22.8 Å². The molecule has 10 nitrogen and oxygen atoms in total. The molecule has 1 aliphatic heterocycles. The standard InChI is InChI=1S/C34H34F3N7O3/c1-3-30(45)44-17-7-9-24(21-44)23-8-6-10-26(18-23)38-19-22-13-15-25(16-14-22)40-33-39-20-28(34(35,36)37)31(42-33)41-29-12-5-4-11-27(29)32(46)43-47-2/h3-6,8,10-16,18,20,24,38H,1,7,9,17,19,21H2,2H3,(H,43,46)(H2,39,40,41,42)/t24-/m1/s1. The number of halogens is 3. The van der Waals surface area contributed by atoms with E-state index in [1.807, 2.05) is 29.2 Å². The first kappa shape index (κ1) is 32.9. The van der Waals surface area contributed by atoms with Crippen molar-refractivity contribution in [1.82, 2.24) is 20.3 Å². The molecule has 4 N–H and O–H groups in total. The minimum absolute atomic E-state index is 0.0427. The van der Waals surface area contributed by atoms with E-state index in [0.717, 1.165) is 30.6 Å². The lowest BCUT2D eigenvalue weighted by Crippen LogP contribution is -2.38. The van der Waals surface area contributed by atoms with Crippen molar-refractivity contribution < 1.29 is 27.6 Å². The molecular formula is C34H34F3N7O3. The number of carbonyl (C=O) groups is 2. The molecule has 4 aromatic rings. The van der Waals surface area contributed by atoms with E-state index in [2.05, 4.69) is 54.9 Å². The molecule has 0 aliphatic carbocycles. The van der Waals surface area contributed by atoms with Crippen LogP contribution in [-0.4, -0.2) is 46.9 Å². The van der Waals surface area contributed by atoms with Crippen LogP contribution in [0.5, 0.6) is 0 Å². The number of para-hydroxylation sites is 1. The Morgan fingerprint density at radius 2 is 1.83 bits per heavy atom. The number of anilines is 5. The molecule has 1 aliphatic rings. The van der Waals surface area contributed by atoms with Crippen LogP contribution in [0.3, 0.4) is 0 Å². The van der Waals surface area contributed by atoms with Crippen LogP contribution >= 0.6 is 0 Å². The molecule has 13 heteroatoms. The van der Waals surface area contributed by atoms with Gasteiger partial charge in [-0.2, -0.15) is 18.2 Å². The molecular weight excluding hydrogens is 611 g/mol. The van der Waals surface area contributed by atoms with Crippen molar-refractivity contribution in [2.75, 3.05) is 36.1 Å². The number of aromatic nitrogens is 2. The summed E-state index contributed by atoms with van der Waals surface area (Å²) < 4.78 is 41.5.